The molecule has 0 saturated carbocycles. The topological polar surface area (TPSA) is 95.0 Å². The zero-order valence-electron chi connectivity index (χ0n) is 21.8. The van der Waals surface area contributed by atoms with E-state index in [-0.39, 0.29) is 22.8 Å². The van der Waals surface area contributed by atoms with E-state index in [0.29, 0.717) is 44.0 Å². The van der Waals surface area contributed by atoms with Crippen LogP contribution in [0.25, 0.3) is 77.9 Å². The van der Waals surface area contributed by atoms with Crippen LogP contribution in [0.2, 0.25) is 0 Å². The lowest BCUT2D eigenvalue weighted by atomic mass is 9.98. The quantitative estimate of drug-likeness (QED) is 0.236. The standard InChI is InChI=1S/C34H18N4O4/c39-31-23-8-1-3-10-29(23)41-33-35-25-14-12-21(17-27(25)37(31)33)19-6-5-7-20(16-19)22-13-15-26-28(18-22)38-32(40)24-9-2-4-11-30(24)42-34(38)36-26/h1-18H. The molecule has 8 nitrogen and oxygen atoms in total. The predicted molar refractivity (Wildman–Crippen MR) is 162 cm³/mol. The Kier molecular flexibility index (Phi) is 4.47. The van der Waals surface area contributed by atoms with Gasteiger partial charge in [0.05, 0.1) is 32.8 Å². The van der Waals surface area contributed by atoms with E-state index in [1.165, 1.54) is 8.80 Å². The van der Waals surface area contributed by atoms with Crippen LogP contribution in [0.4, 0.5) is 0 Å². The first-order valence-electron chi connectivity index (χ1n) is 13.4. The molecule has 0 saturated heterocycles. The van der Waals surface area contributed by atoms with E-state index in [0.717, 1.165) is 22.3 Å². The Balaban J connectivity index is 1.20. The van der Waals surface area contributed by atoms with Crippen molar-refractivity contribution in [2.45, 2.75) is 0 Å². The third kappa shape index (κ3) is 3.17. The molecule has 0 fully saturated rings. The molecule has 0 aliphatic heterocycles. The first-order valence-corrected chi connectivity index (χ1v) is 13.4. The number of fused-ring (bicyclic) bond motifs is 8. The summed E-state index contributed by atoms with van der Waals surface area (Å²) in [5.74, 6) is 0.524. The second kappa shape index (κ2) is 8.25. The lowest BCUT2D eigenvalue weighted by Crippen LogP contribution is -2.12. The highest BCUT2D eigenvalue weighted by atomic mass is 16.4. The SMILES string of the molecule is O=c1c2ccccc2oc2nc3ccc(-c4cccc(-c5ccc6nc7oc8ccccc8c(=O)n7c6c5)c4)cc3n12. The Labute approximate surface area is 235 Å². The van der Waals surface area contributed by atoms with Gasteiger partial charge in [0.15, 0.2) is 0 Å². The fraction of sp³-hybridized carbons (Fsp3) is 0. The molecule has 0 bridgehead atoms. The van der Waals surface area contributed by atoms with Crippen LogP contribution in [-0.2, 0) is 0 Å². The van der Waals surface area contributed by atoms with Crippen LogP contribution in [0.1, 0.15) is 0 Å². The van der Waals surface area contributed by atoms with Gasteiger partial charge in [-0.25, -0.2) is 8.80 Å². The number of hydrogen-bond donors (Lipinski definition) is 0. The van der Waals surface area contributed by atoms with Gasteiger partial charge in [0.25, 0.3) is 11.1 Å². The van der Waals surface area contributed by atoms with Crippen LogP contribution in [0.5, 0.6) is 0 Å². The highest BCUT2D eigenvalue weighted by Gasteiger charge is 2.16. The van der Waals surface area contributed by atoms with Crippen LogP contribution < -0.4 is 11.1 Å². The molecule has 4 heterocycles. The van der Waals surface area contributed by atoms with E-state index >= 15 is 0 Å². The Bertz CT molecular complexity index is 2510. The monoisotopic (exact) mass is 546 g/mol. The Morgan fingerprint density at radius 3 is 1.43 bits per heavy atom. The van der Waals surface area contributed by atoms with Crippen molar-refractivity contribution in [1.82, 2.24) is 18.8 Å². The van der Waals surface area contributed by atoms with Crippen LogP contribution in [0.3, 0.4) is 0 Å². The number of benzene rings is 5. The fourth-order valence-electron chi connectivity index (χ4n) is 5.78. The first-order chi connectivity index (χ1) is 20.6. The molecular weight excluding hydrogens is 528 g/mol. The van der Waals surface area contributed by atoms with Crippen LogP contribution in [-0.4, -0.2) is 18.8 Å². The summed E-state index contributed by atoms with van der Waals surface area (Å²) in [6.07, 6.45) is 0. The van der Waals surface area contributed by atoms with Crippen molar-refractivity contribution in [3.8, 4) is 22.3 Å². The van der Waals surface area contributed by atoms with E-state index in [9.17, 15) is 9.59 Å². The third-order valence-electron chi connectivity index (χ3n) is 7.82. The molecule has 0 spiro atoms. The largest absolute Gasteiger partial charge is 0.424 e. The van der Waals surface area contributed by atoms with Gasteiger partial charge < -0.3 is 8.83 Å². The molecule has 0 radical (unpaired) electrons. The maximum absolute atomic E-state index is 13.4. The zero-order valence-corrected chi connectivity index (χ0v) is 21.8. The van der Waals surface area contributed by atoms with Crippen LogP contribution >= 0.6 is 0 Å². The van der Waals surface area contributed by atoms with E-state index in [2.05, 4.69) is 16.0 Å². The molecule has 0 aliphatic carbocycles. The van der Waals surface area contributed by atoms with Crippen molar-refractivity contribution in [3.63, 3.8) is 0 Å². The van der Waals surface area contributed by atoms with Gasteiger partial charge in [-0.3, -0.25) is 9.59 Å². The zero-order chi connectivity index (χ0) is 27.9. The van der Waals surface area contributed by atoms with Gasteiger partial charge in [0.1, 0.15) is 11.2 Å². The van der Waals surface area contributed by atoms with Gasteiger partial charge in [-0.1, -0.05) is 54.6 Å². The minimum Gasteiger partial charge on any atom is -0.424 e. The lowest BCUT2D eigenvalue weighted by molar-refractivity contribution is 0.616. The highest BCUT2D eigenvalue weighted by molar-refractivity contribution is 5.89. The normalized spacial score (nSPS) is 12.0. The van der Waals surface area contributed by atoms with Crippen molar-refractivity contribution in [2.24, 2.45) is 0 Å². The molecule has 4 aromatic heterocycles. The minimum absolute atomic E-state index is 0.168. The van der Waals surface area contributed by atoms with E-state index in [4.69, 9.17) is 8.83 Å². The predicted octanol–water partition coefficient (Wildman–Crippen LogP) is 6.84. The Morgan fingerprint density at radius 2 is 0.929 bits per heavy atom. The molecule has 0 N–H and O–H groups in total. The van der Waals surface area contributed by atoms with Crippen molar-refractivity contribution in [1.29, 1.82) is 0 Å². The molecule has 8 heteroatoms. The molecule has 5 aromatic carbocycles. The summed E-state index contributed by atoms with van der Waals surface area (Å²) in [7, 11) is 0. The summed E-state index contributed by atoms with van der Waals surface area (Å²) >= 11 is 0. The molecule has 0 unspecified atom stereocenters. The summed E-state index contributed by atoms with van der Waals surface area (Å²) in [6, 6.07) is 34.2. The van der Waals surface area contributed by atoms with Crippen molar-refractivity contribution in [2.75, 3.05) is 0 Å². The molecule has 9 rings (SSSR count). The highest BCUT2D eigenvalue weighted by Crippen LogP contribution is 2.31. The Hall–Kier alpha value is -6.02. The summed E-state index contributed by atoms with van der Waals surface area (Å²) in [5, 5.41) is 1.00. The summed E-state index contributed by atoms with van der Waals surface area (Å²) < 4.78 is 14.9. The van der Waals surface area contributed by atoms with E-state index < -0.39 is 0 Å². The summed E-state index contributed by atoms with van der Waals surface area (Å²) in [6.45, 7) is 0. The average Bonchev–Trinajstić information content (AvgIpc) is 3.58. The molecule has 0 atom stereocenters. The number of imidazole rings is 2. The van der Waals surface area contributed by atoms with E-state index in [1.807, 2.05) is 78.9 Å². The average molecular weight is 547 g/mol. The molecule has 42 heavy (non-hydrogen) atoms. The smallest absolute Gasteiger partial charge is 0.310 e. The molecule has 9 aromatic rings. The number of aromatic nitrogens is 4. The van der Waals surface area contributed by atoms with Gasteiger partial charge >= 0.3 is 11.7 Å². The van der Waals surface area contributed by atoms with Gasteiger partial charge in [-0.15, -0.1) is 0 Å². The second-order valence-corrected chi connectivity index (χ2v) is 10.3. The number of para-hydroxylation sites is 2. The van der Waals surface area contributed by atoms with Crippen molar-refractivity contribution in [3.05, 3.63) is 130 Å². The number of rotatable bonds is 2. The maximum Gasteiger partial charge on any atom is 0.310 e. The van der Waals surface area contributed by atoms with Crippen LogP contribution in [0.15, 0.2) is 128 Å². The van der Waals surface area contributed by atoms with Crippen molar-refractivity contribution < 1.29 is 8.83 Å². The van der Waals surface area contributed by atoms with Crippen LogP contribution in [0, 0.1) is 0 Å². The molecule has 0 amide bonds. The maximum atomic E-state index is 13.4. The van der Waals surface area contributed by atoms with Gasteiger partial charge in [0.2, 0.25) is 0 Å². The summed E-state index contributed by atoms with van der Waals surface area (Å²) in [5.41, 5.74) is 7.19. The van der Waals surface area contributed by atoms with Gasteiger partial charge in [-0.05, 0) is 76.9 Å². The summed E-state index contributed by atoms with van der Waals surface area (Å²) in [4.78, 5) is 35.8. The fourth-order valence-corrected chi connectivity index (χ4v) is 5.78. The van der Waals surface area contributed by atoms with Crippen molar-refractivity contribution >= 4 is 55.7 Å². The van der Waals surface area contributed by atoms with Gasteiger partial charge in [-0.2, -0.15) is 9.97 Å². The number of nitrogens with zero attached hydrogens (tertiary/aromatic N) is 4. The molecule has 198 valence electrons. The first kappa shape index (κ1) is 22.8. The van der Waals surface area contributed by atoms with E-state index in [1.54, 1.807) is 24.3 Å². The molecule has 0 aliphatic rings. The second-order valence-electron chi connectivity index (χ2n) is 10.3. The Morgan fingerprint density at radius 1 is 0.476 bits per heavy atom. The lowest BCUT2D eigenvalue weighted by Gasteiger charge is -2.07. The number of hydrogen-bond acceptors (Lipinski definition) is 6. The third-order valence-corrected chi connectivity index (χ3v) is 7.82. The molecular formula is C34H18N4O4. The van der Waals surface area contributed by atoms with Gasteiger partial charge in [0, 0.05) is 0 Å². The minimum atomic E-state index is -0.168.